The second-order valence-electron chi connectivity index (χ2n) is 6.87. The van der Waals surface area contributed by atoms with Crippen LogP contribution >= 0.6 is 0 Å². The van der Waals surface area contributed by atoms with Crippen molar-refractivity contribution in [3.8, 4) is 11.3 Å². The molecular formula is C21H27N5O2. The van der Waals surface area contributed by atoms with Crippen molar-refractivity contribution in [3.05, 3.63) is 59.0 Å². The first-order valence-corrected chi connectivity index (χ1v) is 9.48. The number of hydrogen-bond donors (Lipinski definition) is 2. The van der Waals surface area contributed by atoms with Crippen molar-refractivity contribution in [1.29, 1.82) is 0 Å². The molecule has 3 aromatic rings. The number of aryl methyl sites for hydroxylation is 2. The quantitative estimate of drug-likeness (QED) is 0.586. The van der Waals surface area contributed by atoms with Gasteiger partial charge in [-0.1, -0.05) is 30.3 Å². The normalized spacial score (nSPS) is 12.1. The molecule has 2 aromatic heterocycles. The van der Waals surface area contributed by atoms with Crippen molar-refractivity contribution >= 4 is 5.91 Å². The number of carbonyl (C=O) groups excluding carboxylic acids is 1. The Labute approximate surface area is 165 Å². The molecule has 0 bridgehead atoms. The van der Waals surface area contributed by atoms with E-state index in [4.69, 9.17) is 4.74 Å². The van der Waals surface area contributed by atoms with Crippen molar-refractivity contribution in [3.63, 3.8) is 0 Å². The largest absolute Gasteiger partial charge is 0.374 e. The van der Waals surface area contributed by atoms with Gasteiger partial charge in [-0.15, -0.1) is 0 Å². The molecule has 0 spiro atoms. The van der Waals surface area contributed by atoms with Crippen LogP contribution in [0.5, 0.6) is 0 Å². The van der Waals surface area contributed by atoms with Crippen LogP contribution in [0.4, 0.5) is 0 Å². The third kappa shape index (κ3) is 4.48. The number of rotatable bonds is 8. The first kappa shape index (κ1) is 19.8. The lowest BCUT2D eigenvalue weighted by Gasteiger charge is -2.13. The molecule has 7 heteroatoms. The van der Waals surface area contributed by atoms with Gasteiger partial charge in [-0.3, -0.25) is 14.6 Å². The molecule has 0 saturated carbocycles. The molecular weight excluding hydrogens is 354 g/mol. The summed E-state index contributed by atoms with van der Waals surface area (Å²) in [7, 11) is 1.90. The molecule has 0 radical (unpaired) electrons. The molecule has 0 aliphatic heterocycles. The summed E-state index contributed by atoms with van der Waals surface area (Å²) in [5.74, 6) is -0.172. The smallest absolute Gasteiger partial charge is 0.269 e. The number of nitrogens with zero attached hydrogens (tertiary/aromatic N) is 3. The summed E-state index contributed by atoms with van der Waals surface area (Å²) >= 11 is 0. The maximum Gasteiger partial charge on any atom is 0.269 e. The number of aromatic amines is 1. The number of amides is 1. The van der Waals surface area contributed by atoms with E-state index in [1.54, 1.807) is 6.07 Å². The minimum absolute atomic E-state index is 0.0398. The van der Waals surface area contributed by atoms with E-state index in [1.807, 2.05) is 62.8 Å². The lowest BCUT2D eigenvalue weighted by atomic mass is 10.1. The fourth-order valence-electron chi connectivity index (χ4n) is 3.16. The molecule has 28 heavy (non-hydrogen) atoms. The highest BCUT2D eigenvalue weighted by molar-refractivity contribution is 5.93. The van der Waals surface area contributed by atoms with Gasteiger partial charge in [0.05, 0.1) is 17.5 Å². The van der Waals surface area contributed by atoms with E-state index < -0.39 is 0 Å². The summed E-state index contributed by atoms with van der Waals surface area (Å²) in [6.45, 7) is 7.08. The highest BCUT2D eigenvalue weighted by Crippen LogP contribution is 2.25. The molecule has 0 saturated heterocycles. The zero-order chi connectivity index (χ0) is 20.1. The molecule has 1 amide bonds. The first-order chi connectivity index (χ1) is 13.5. The number of H-pyrrole nitrogens is 1. The fraction of sp³-hybridized carbons (Fsp3) is 0.381. The van der Waals surface area contributed by atoms with Crippen LogP contribution in [0, 0.1) is 13.8 Å². The summed E-state index contributed by atoms with van der Waals surface area (Å²) in [5.41, 5.74) is 5.19. The summed E-state index contributed by atoms with van der Waals surface area (Å²) in [4.78, 5) is 12.3. The van der Waals surface area contributed by atoms with Gasteiger partial charge in [0.2, 0.25) is 0 Å². The number of ether oxygens (including phenoxy) is 1. The van der Waals surface area contributed by atoms with Gasteiger partial charge in [0.15, 0.2) is 0 Å². The molecule has 1 atom stereocenters. The SMILES string of the molecule is Cc1nn(C)c(C)c1-c1cc(C(=O)NCCCOC(C)c2ccccc2)[nH]n1. The molecule has 0 aliphatic carbocycles. The molecule has 2 N–H and O–H groups in total. The van der Waals surface area contributed by atoms with Crippen LogP contribution in [0.2, 0.25) is 0 Å². The lowest BCUT2D eigenvalue weighted by molar-refractivity contribution is 0.0634. The molecule has 148 valence electrons. The summed E-state index contributed by atoms with van der Waals surface area (Å²) in [6, 6.07) is 11.9. The van der Waals surface area contributed by atoms with Gasteiger partial charge in [-0.2, -0.15) is 10.2 Å². The average molecular weight is 381 g/mol. The number of hydrogen-bond acceptors (Lipinski definition) is 4. The number of aromatic nitrogens is 4. The van der Waals surface area contributed by atoms with Gasteiger partial charge < -0.3 is 10.1 Å². The topological polar surface area (TPSA) is 84.8 Å². The van der Waals surface area contributed by atoms with E-state index in [2.05, 4.69) is 20.6 Å². The maximum absolute atomic E-state index is 12.3. The van der Waals surface area contributed by atoms with E-state index in [-0.39, 0.29) is 12.0 Å². The highest BCUT2D eigenvalue weighted by Gasteiger charge is 2.17. The molecule has 1 unspecified atom stereocenters. The molecule has 0 aliphatic rings. The molecule has 0 fully saturated rings. The minimum Gasteiger partial charge on any atom is -0.374 e. The third-order valence-corrected chi connectivity index (χ3v) is 4.83. The van der Waals surface area contributed by atoms with Gasteiger partial charge in [-0.25, -0.2) is 0 Å². The number of carbonyl (C=O) groups is 1. The predicted molar refractivity (Wildman–Crippen MR) is 108 cm³/mol. The molecule has 1 aromatic carbocycles. The fourth-order valence-corrected chi connectivity index (χ4v) is 3.16. The van der Waals surface area contributed by atoms with Crippen molar-refractivity contribution in [2.45, 2.75) is 33.3 Å². The second kappa shape index (κ2) is 8.84. The molecule has 2 heterocycles. The van der Waals surface area contributed by atoms with Gasteiger partial charge in [-0.05, 0) is 38.8 Å². The number of nitrogens with one attached hydrogen (secondary N) is 2. The second-order valence-corrected chi connectivity index (χ2v) is 6.87. The van der Waals surface area contributed by atoms with E-state index in [1.165, 1.54) is 0 Å². The van der Waals surface area contributed by atoms with Gasteiger partial charge in [0.25, 0.3) is 5.91 Å². The monoisotopic (exact) mass is 381 g/mol. The van der Waals surface area contributed by atoms with E-state index in [0.717, 1.165) is 34.6 Å². The zero-order valence-electron chi connectivity index (χ0n) is 16.8. The van der Waals surface area contributed by atoms with Crippen molar-refractivity contribution in [1.82, 2.24) is 25.3 Å². The minimum atomic E-state index is -0.172. The van der Waals surface area contributed by atoms with E-state index in [9.17, 15) is 4.79 Å². The standard InChI is InChI=1S/C21H27N5O2/c1-14-20(15(2)26(4)25-14)18-13-19(24-23-18)21(27)22-11-8-12-28-16(3)17-9-6-5-7-10-17/h5-7,9-10,13,16H,8,11-12H2,1-4H3,(H,22,27)(H,23,24). The van der Waals surface area contributed by atoms with Crippen LogP contribution in [0.15, 0.2) is 36.4 Å². The van der Waals surface area contributed by atoms with Crippen molar-refractivity contribution in [2.24, 2.45) is 7.05 Å². The van der Waals surface area contributed by atoms with Crippen LogP contribution in [0.3, 0.4) is 0 Å². The Morgan fingerprint density at radius 1 is 1.29 bits per heavy atom. The van der Waals surface area contributed by atoms with Crippen LogP contribution in [-0.4, -0.2) is 39.0 Å². The maximum atomic E-state index is 12.3. The number of benzene rings is 1. The Kier molecular flexibility index (Phi) is 6.26. The summed E-state index contributed by atoms with van der Waals surface area (Å²) < 4.78 is 7.64. The van der Waals surface area contributed by atoms with Gasteiger partial charge in [0, 0.05) is 31.5 Å². The van der Waals surface area contributed by atoms with Crippen molar-refractivity contribution < 1.29 is 9.53 Å². The average Bonchev–Trinajstić information content (AvgIpc) is 3.26. The Balaban J connectivity index is 1.46. The van der Waals surface area contributed by atoms with Crippen LogP contribution in [0.1, 0.15) is 46.9 Å². The van der Waals surface area contributed by atoms with E-state index in [0.29, 0.717) is 18.8 Å². The van der Waals surface area contributed by atoms with Gasteiger partial charge in [0.1, 0.15) is 5.69 Å². The summed E-state index contributed by atoms with van der Waals surface area (Å²) in [5, 5.41) is 14.4. The van der Waals surface area contributed by atoms with Gasteiger partial charge >= 0.3 is 0 Å². The van der Waals surface area contributed by atoms with Crippen LogP contribution < -0.4 is 5.32 Å². The van der Waals surface area contributed by atoms with Crippen molar-refractivity contribution in [2.75, 3.05) is 13.2 Å². The zero-order valence-corrected chi connectivity index (χ0v) is 16.8. The lowest BCUT2D eigenvalue weighted by Crippen LogP contribution is -2.25. The Hall–Kier alpha value is -2.93. The molecule has 7 nitrogen and oxygen atoms in total. The Morgan fingerprint density at radius 3 is 2.71 bits per heavy atom. The van der Waals surface area contributed by atoms with Crippen LogP contribution in [-0.2, 0) is 11.8 Å². The predicted octanol–water partition coefficient (Wildman–Crippen LogP) is 3.32. The third-order valence-electron chi connectivity index (χ3n) is 4.83. The van der Waals surface area contributed by atoms with Crippen LogP contribution in [0.25, 0.3) is 11.3 Å². The first-order valence-electron chi connectivity index (χ1n) is 9.48. The Morgan fingerprint density at radius 2 is 2.04 bits per heavy atom. The summed E-state index contributed by atoms with van der Waals surface area (Å²) in [6.07, 6.45) is 0.781. The van der Waals surface area contributed by atoms with E-state index >= 15 is 0 Å². The Bertz CT molecular complexity index is 930. The highest BCUT2D eigenvalue weighted by atomic mass is 16.5. The molecule has 3 rings (SSSR count).